The summed E-state index contributed by atoms with van der Waals surface area (Å²) in [7, 11) is 0. The molecule has 0 bridgehead atoms. The number of hydrogen-bond acceptors (Lipinski definition) is 3. The van der Waals surface area contributed by atoms with Gasteiger partial charge < -0.3 is 10.1 Å². The second-order valence-electron chi connectivity index (χ2n) is 3.93. The number of rotatable bonds is 2. The molecule has 1 amide bonds. The van der Waals surface area contributed by atoms with Gasteiger partial charge in [0.15, 0.2) is 23.3 Å². The standard InChI is InChI=1S/C11H6F5NO3/c12-5-4(6(13)8(15)9(16)7(5)14)10(18)17-3-1-2-20-11(3)19/h3H,1-2H2,(H,17,18)/t3-/m0/s1. The van der Waals surface area contributed by atoms with Gasteiger partial charge in [0.25, 0.3) is 5.91 Å². The number of amides is 1. The maximum absolute atomic E-state index is 13.3. The predicted octanol–water partition coefficient (Wildman–Crippen LogP) is 1.43. The topological polar surface area (TPSA) is 55.4 Å². The average Bonchev–Trinajstić information content (AvgIpc) is 2.80. The van der Waals surface area contributed by atoms with Crippen molar-refractivity contribution in [1.82, 2.24) is 5.32 Å². The molecule has 0 aromatic heterocycles. The minimum Gasteiger partial charge on any atom is -0.464 e. The van der Waals surface area contributed by atoms with E-state index in [1.54, 1.807) is 0 Å². The van der Waals surface area contributed by atoms with Crippen LogP contribution < -0.4 is 5.32 Å². The number of halogens is 5. The Morgan fingerprint density at radius 3 is 1.95 bits per heavy atom. The van der Waals surface area contributed by atoms with E-state index in [9.17, 15) is 31.5 Å². The van der Waals surface area contributed by atoms with E-state index in [1.165, 1.54) is 0 Å². The molecule has 4 nitrogen and oxygen atoms in total. The molecule has 0 saturated carbocycles. The van der Waals surface area contributed by atoms with Crippen LogP contribution in [0.5, 0.6) is 0 Å². The van der Waals surface area contributed by atoms with Gasteiger partial charge in [-0.2, -0.15) is 0 Å². The molecular weight excluding hydrogens is 289 g/mol. The van der Waals surface area contributed by atoms with Crippen LogP contribution in [0.25, 0.3) is 0 Å². The van der Waals surface area contributed by atoms with Gasteiger partial charge in [-0.25, -0.2) is 26.7 Å². The summed E-state index contributed by atoms with van der Waals surface area (Å²) < 4.78 is 69.8. The smallest absolute Gasteiger partial charge is 0.328 e. The van der Waals surface area contributed by atoms with Crippen molar-refractivity contribution in [3.8, 4) is 0 Å². The highest BCUT2D eigenvalue weighted by Gasteiger charge is 2.33. The molecule has 0 radical (unpaired) electrons. The number of ether oxygens (including phenoxy) is 1. The molecule has 2 rings (SSSR count). The normalized spacial score (nSPS) is 18.1. The molecule has 9 heteroatoms. The molecular formula is C11H6F5NO3. The molecule has 1 saturated heterocycles. The van der Waals surface area contributed by atoms with E-state index in [1.807, 2.05) is 5.32 Å². The Morgan fingerprint density at radius 2 is 1.50 bits per heavy atom. The number of esters is 1. The predicted molar refractivity (Wildman–Crippen MR) is 53.1 cm³/mol. The monoisotopic (exact) mass is 295 g/mol. The molecule has 108 valence electrons. The van der Waals surface area contributed by atoms with Crippen molar-refractivity contribution in [1.29, 1.82) is 0 Å². The zero-order valence-electron chi connectivity index (χ0n) is 9.61. The Kier molecular flexibility index (Phi) is 3.60. The maximum atomic E-state index is 13.3. The minimum atomic E-state index is -2.36. The van der Waals surface area contributed by atoms with E-state index >= 15 is 0 Å². The fourth-order valence-electron chi connectivity index (χ4n) is 1.66. The quantitative estimate of drug-likeness (QED) is 0.389. The summed E-state index contributed by atoms with van der Waals surface area (Å²) in [5, 5.41) is 1.85. The Bertz CT molecular complexity index is 575. The molecule has 1 N–H and O–H groups in total. The van der Waals surface area contributed by atoms with Crippen LogP contribution in [0.3, 0.4) is 0 Å². The lowest BCUT2D eigenvalue weighted by Gasteiger charge is -2.11. The number of nitrogens with one attached hydrogen (secondary N) is 1. The van der Waals surface area contributed by atoms with Crippen LogP contribution in [0.4, 0.5) is 22.0 Å². The van der Waals surface area contributed by atoms with Crippen LogP contribution in [0.2, 0.25) is 0 Å². The summed E-state index contributed by atoms with van der Waals surface area (Å²) in [5.41, 5.74) is -1.64. The molecule has 1 heterocycles. The average molecular weight is 295 g/mol. The van der Waals surface area contributed by atoms with Gasteiger partial charge in [-0.1, -0.05) is 0 Å². The van der Waals surface area contributed by atoms with Crippen LogP contribution in [-0.4, -0.2) is 24.5 Å². The van der Waals surface area contributed by atoms with Gasteiger partial charge in [0.05, 0.1) is 6.61 Å². The molecule has 0 spiro atoms. The van der Waals surface area contributed by atoms with E-state index in [0.29, 0.717) is 0 Å². The summed E-state index contributed by atoms with van der Waals surface area (Å²) in [6, 6.07) is -1.18. The summed E-state index contributed by atoms with van der Waals surface area (Å²) in [4.78, 5) is 22.6. The number of benzene rings is 1. The Hall–Kier alpha value is -2.19. The van der Waals surface area contributed by atoms with Crippen molar-refractivity contribution in [2.75, 3.05) is 6.61 Å². The van der Waals surface area contributed by atoms with E-state index in [-0.39, 0.29) is 13.0 Å². The summed E-state index contributed by atoms with van der Waals surface area (Å²) >= 11 is 0. The lowest BCUT2D eigenvalue weighted by Crippen LogP contribution is -2.39. The van der Waals surface area contributed by atoms with Gasteiger partial charge in [0, 0.05) is 6.42 Å². The maximum Gasteiger partial charge on any atom is 0.328 e. The van der Waals surface area contributed by atoms with Crippen molar-refractivity contribution < 1.29 is 36.3 Å². The first-order valence-electron chi connectivity index (χ1n) is 5.33. The van der Waals surface area contributed by atoms with Gasteiger partial charge in [0.2, 0.25) is 5.82 Å². The van der Waals surface area contributed by atoms with E-state index in [0.717, 1.165) is 0 Å². The summed E-state index contributed by atoms with van der Waals surface area (Å²) in [5.74, 6) is -13.8. The van der Waals surface area contributed by atoms with Gasteiger partial charge in [0.1, 0.15) is 11.6 Å². The highest BCUT2D eigenvalue weighted by atomic mass is 19.2. The largest absolute Gasteiger partial charge is 0.464 e. The van der Waals surface area contributed by atoms with Crippen molar-refractivity contribution in [3.63, 3.8) is 0 Å². The summed E-state index contributed by atoms with van der Waals surface area (Å²) in [6.45, 7) is -0.0130. The fraction of sp³-hybridized carbons (Fsp3) is 0.273. The highest BCUT2D eigenvalue weighted by molar-refractivity contribution is 5.97. The summed E-state index contributed by atoms with van der Waals surface area (Å²) in [6.07, 6.45) is 0.0416. The second-order valence-corrected chi connectivity index (χ2v) is 3.93. The van der Waals surface area contributed by atoms with E-state index < -0.39 is 52.6 Å². The van der Waals surface area contributed by atoms with Crippen LogP contribution >= 0.6 is 0 Å². The molecule has 0 aliphatic carbocycles. The third-order valence-corrected chi connectivity index (χ3v) is 2.68. The lowest BCUT2D eigenvalue weighted by atomic mass is 10.1. The molecule has 1 fully saturated rings. The van der Waals surface area contributed by atoms with Crippen molar-refractivity contribution in [2.24, 2.45) is 0 Å². The Balaban J connectivity index is 2.37. The molecule has 1 atom stereocenters. The minimum absolute atomic E-state index is 0.0130. The first-order valence-corrected chi connectivity index (χ1v) is 5.33. The lowest BCUT2D eigenvalue weighted by molar-refractivity contribution is -0.139. The van der Waals surface area contributed by atoms with Gasteiger partial charge in [-0.3, -0.25) is 4.79 Å². The van der Waals surface area contributed by atoms with Crippen molar-refractivity contribution in [3.05, 3.63) is 34.6 Å². The molecule has 0 unspecified atom stereocenters. The van der Waals surface area contributed by atoms with Gasteiger partial charge in [-0.15, -0.1) is 0 Å². The van der Waals surface area contributed by atoms with E-state index in [2.05, 4.69) is 4.74 Å². The molecule has 20 heavy (non-hydrogen) atoms. The Morgan fingerprint density at radius 1 is 1.00 bits per heavy atom. The van der Waals surface area contributed by atoms with Crippen LogP contribution in [-0.2, 0) is 9.53 Å². The molecule has 1 aromatic carbocycles. The Labute approximate surface area is 108 Å². The van der Waals surface area contributed by atoms with Crippen LogP contribution in [0.1, 0.15) is 16.8 Å². The number of carbonyl (C=O) groups excluding carboxylic acids is 2. The third kappa shape index (κ3) is 2.19. The SMILES string of the molecule is O=C(N[C@H]1CCOC1=O)c1c(F)c(F)c(F)c(F)c1F. The first-order chi connectivity index (χ1) is 9.34. The van der Waals surface area contributed by atoms with Gasteiger partial charge >= 0.3 is 5.97 Å². The van der Waals surface area contributed by atoms with Crippen LogP contribution in [0.15, 0.2) is 0 Å². The zero-order chi connectivity index (χ0) is 15.0. The third-order valence-electron chi connectivity index (χ3n) is 2.68. The molecule has 1 aliphatic rings. The van der Waals surface area contributed by atoms with Crippen molar-refractivity contribution in [2.45, 2.75) is 12.5 Å². The van der Waals surface area contributed by atoms with E-state index in [4.69, 9.17) is 0 Å². The zero-order valence-corrected chi connectivity index (χ0v) is 9.61. The number of carbonyl (C=O) groups is 2. The van der Waals surface area contributed by atoms with Gasteiger partial charge in [-0.05, 0) is 0 Å². The number of cyclic esters (lactones) is 1. The number of hydrogen-bond donors (Lipinski definition) is 1. The molecule has 1 aliphatic heterocycles. The highest BCUT2D eigenvalue weighted by Crippen LogP contribution is 2.23. The van der Waals surface area contributed by atoms with Crippen LogP contribution in [0, 0.1) is 29.1 Å². The first kappa shape index (κ1) is 14.2. The molecule has 1 aromatic rings. The van der Waals surface area contributed by atoms with Crippen molar-refractivity contribution >= 4 is 11.9 Å². The second kappa shape index (κ2) is 5.06. The fourth-order valence-corrected chi connectivity index (χ4v) is 1.66.